The monoisotopic (exact) mass is 283 g/mol. The second-order valence-electron chi connectivity index (χ2n) is 4.81. The number of rotatable bonds is 6. The number of carbonyl (C=O) groups excluding carboxylic acids is 1. The molecule has 0 spiro atoms. The Labute approximate surface area is 118 Å². The molecule has 1 fully saturated rings. The van der Waals surface area contributed by atoms with Crippen molar-refractivity contribution in [2.45, 2.75) is 24.4 Å². The van der Waals surface area contributed by atoms with Crippen molar-refractivity contribution in [1.29, 1.82) is 0 Å². The van der Waals surface area contributed by atoms with Gasteiger partial charge in [-0.05, 0) is 18.8 Å². The predicted molar refractivity (Wildman–Crippen MR) is 75.1 cm³/mol. The van der Waals surface area contributed by atoms with Crippen LogP contribution in [0.1, 0.15) is 19.3 Å². The number of hydrogen-bond donors (Lipinski definition) is 1. The van der Waals surface area contributed by atoms with Crippen LogP contribution in [0.5, 0.6) is 0 Å². The standard InChI is InChI=1S/C13H21N3O2S/c1-16-6-4-15-13(16)19-8-5-14-12(17)9-11-3-2-7-18-10-11/h4,6,11H,2-3,5,7-10H2,1H3,(H,14,17). The normalized spacial score (nSPS) is 19.3. The van der Waals surface area contributed by atoms with E-state index in [1.54, 1.807) is 18.0 Å². The van der Waals surface area contributed by atoms with Gasteiger partial charge in [-0.1, -0.05) is 11.8 Å². The lowest BCUT2D eigenvalue weighted by molar-refractivity contribution is -0.122. The van der Waals surface area contributed by atoms with Gasteiger partial charge in [0.15, 0.2) is 5.16 Å². The number of amides is 1. The Bertz CT molecular complexity index is 402. The fourth-order valence-corrected chi connectivity index (χ4v) is 2.91. The summed E-state index contributed by atoms with van der Waals surface area (Å²) < 4.78 is 7.35. The van der Waals surface area contributed by atoms with Crippen LogP contribution in [0.25, 0.3) is 0 Å². The Balaban J connectivity index is 1.57. The number of carbonyl (C=O) groups is 1. The second-order valence-corrected chi connectivity index (χ2v) is 5.87. The SMILES string of the molecule is Cn1ccnc1SCCNC(=O)CC1CCCOC1. The third kappa shape index (κ3) is 4.87. The number of ether oxygens (including phenoxy) is 1. The first-order valence-electron chi connectivity index (χ1n) is 6.70. The van der Waals surface area contributed by atoms with Crippen LogP contribution < -0.4 is 5.32 Å². The summed E-state index contributed by atoms with van der Waals surface area (Å²) in [6.07, 6.45) is 6.48. The van der Waals surface area contributed by atoms with Crippen molar-refractivity contribution >= 4 is 17.7 Å². The van der Waals surface area contributed by atoms with Crippen LogP contribution in [0, 0.1) is 5.92 Å². The van der Waals surface area contributed by atoms with Crippen LogP contribution in [0.2, 0.25) is 0 Å². The van der Waals surface area contributed by atoms with E-state index >= 15 is 0 Å². The molecule has 0 radical (unpaired) electrons. The van der Waals surface area contributed by atoms with Crippen LogP contribution in [-0.2, 0) is 16.6 Å². The highest BCUT2D eigenvalue weighted by Gasteiger charge is 2.17. The van der Waals surface area contributed by atoms with Gasteiger partial charge in [0.1, 0.15) is 0 Å². The molecule has 19 heavy (non-hydrogen) atoms. The zero-order valence-corrected chi connectivity index (χ0v) is 12.1. The number of hydrogen-bond acceptors (Lipinski definition) is 4. The first-order chi connectivity index (χ1) is 9.25. The highest BCUT2D eigenvalue weighted by atomic mass is 32.2. The van der Waals surface area contributed by atoms with Crippen LogP contribution in [0.15, 0.2) is 17.6 Å². The minimum Gasteiger partial charge on any atom is -0.381 e. The van der Waals surface area contributed by atoms with E-state index < -0.39 is 0 Å². The molecule has 1 aliphatic heterocycles. The molecule has 1 aliphatic rings. The maximum Gasteiger partial charge on any atom is 0.220 e. The highest BCUT2D eigenvalue weighted by Crippen LogP contribution is 2.17. The summed E-state index contributed by atoms with van der Waals surface area (Å²) in [5.41, 5.74) is 0. The van der Waals surface area contributed by atoms with Crippen molar-refractivity contribution in [2.75, 3.05) is 25.5 Å². The maximum atomic E-state index is 11.7. The van der Waals surface area contributed by atoms with Crippen LogP contribution >= 0.6 is 11.8 Å². The van der Waals surface area contributed by atoms with Gasteiger partial charge in [-0.15, -0.1) is 0 Å². The number of nitrogens with zero attached hydrogens (tertiary/aromatic N) is 2. The topological polar surface area (TPSA) is 56.2 Å². The summed E-state index contributed by atoms with van der Waals surface area (Å²) >= 11 is 1.65. The van der Waals surface area contributed by atoms with Crippen molar-refractivity contribution in [3.63, 3.8) is 0 Å². The third-order valence-corrected chi connectivity index (χ3v) is 4.22. The molecule has 6 heteroatoms. The fourth-order valence-electron chi connectivity index (χ4n) is 2.13. The van der Waals surface area contributed by atoms with E-state index in [0.29, 0.717) is 18.9 Å². The Morgan fingerprint density at radius 2 is 2.58 bits per heavy atom. The number of aryl methyl sites for hydroxylation is 1. The molecule has 1 aromatic heterocycles. The molecule has 0 bridgehead atoms. The summed E-state index contributed by atoms with van der Waals surface area (Å²) in [5, 5.41) is 3.94. The van der Waals surface area contributed by atoms with E-state index in [1.807, 2.05) is 17.8 Å². The lowest BCUT2D eigenvalue weighted by atomic mass is 9.98. The fraction of sp³-hybridized carbons (Fsp3) is 0.692. The van der Waals surface area contributed by atoms with E-state index in [0.717, 1.165) is 37.0 Å². The van der Waals surface area contributed by atoms with E-state index in [2.05, 4.69) is 10.3 Å². The number of thioether (sulfide) groups is 1. The van der Waals surface area contributed by atoms with Gasteiger partial charge < -0.3 is 14.6 Å². The quantitative estimate of drug-likeness (QED) is 0.634. The summed E-state index contributed by atoms with van der Waals surface area (Å²) in [5.74, 6) is 1.38. The molecule has 1 amide bonds. The van der Waals surface area contributed by atoms with Gasteiger partial charge in [-0.25, -0.2) is 4.98 Å². The second kappa shape index (κ2) is 7.55. The Morgan fingerprint density at radius 1 is 1.68 bits per heavy atom. The van der Waals surface area contributed by atoms with Crippen molar-refractivity contribution in [2.24, 2.45) is 13.0 Å². The lowest BCUT2D eigenvalue weighted by Crippen LogP contribution is -2.30. The van der Waals surface area contributed by atoms with Crippen molar-refractivity contribution in [3.05, 3.63) is 12.4 Å². The zero-order chi connectivity index (χ0) is 13.5. The van der Waals surface area contributed by atoms with Crippen LogP contribution in [0.4, 0.5) is 0 Å². The minimum atomic E-state index is 0.135. The average Bonchev–Trinajstić information content (AvgIpc) is 2.81. The van der Waals surface area contributed by atoms with Crippen molar-refractivity contribution < 1.29 is 9.53 Å². The molecule has 0 aliphatic carbocycles. The van der Waals surface area contributed by atoms with Crippen molar-refractivity contribution in [1.82, 2.24) is 14.9 Å². The molecular weight excluding hydrogens is 262 g/mol. The molecule has 106 valence electrons. The Morgan fingerprint density at radius 3 is 3.26 bits per heavy atom. The molecule has 1 N–H and O–H groups in total. The van der Waals surface area contributed by atoms with E-state index in [1.165, 1.54) is 0 Å². The Hall–Kier alpha value is -1.01. The molecule has 1 unspecified atom stereocenters. The molecule has 2 heterocycles. The smallest absolute Gasteiger partial charge is 0.220 e. The molecule has 2 rings (SSSR count). The first-order valence-corrected chi connectivity index (χ1v) is 7.69. The lowest BCUT2D eigenvalue weighted by Gasteiger charge is -2.21. The molecule has 1 atom stereocenters. The van der Waals surface area contributed by atoms with Crippen LogP contribution in [-0.4, -0.2) is 41.0 Å². The molecular formula is C13H21N3O2S. The van der Waals surface area contributed by atoms with E-state index in [-0.39, 0.29) is 5.91 Å². The molecule has 0 aromatic carbocycles. The van der Waals surface area contributed by atoms with Gasteiger partial charge in [0, 0.05) is 51.4 Å². The van der Waals surface area contributed by atoms with E-state index in [4.69, 9.17) is 4.74 Å². The molecule has 5 nitrogen and oxygen atoms in total. The van der Waals surface area contributed by atoms with Gasteiger partial charge >= 0.3 is 0 Å². The van der Waals surface area contributed by atoms with Crippen molar-refractivity contribution in [3.8, 4) is 0 Å². The van der Waals surface area contributed by atoms with E-state index in [9.17, 15) is 4.79 Å². The minimum absolute atomic E-state index is 0.135. The largest absolute Gasteiger partial charge is 0.381 e. The summed E-state index contributed by atoms with van der Waals surface area (Å²) in [6, 6.07) is 0. The van der Waals surface area contributed by atoms with Gasteiger partial charge in [0.2, 0.25) is 5.91 Å². The van der Waals surface area contributed by atoms with Gasteiger partial charge in [0.05, 0.1) is 0 Å². The average molecular weight is 283 g/mol. The summed E-state index contributed by atoms with van der Waals surface area (Å²) in [4.78, 5) is 16.0. The highest BCUT2D eigenvalue weighted by molar-refractivity contribution is 7.99. The van der Waals surface area contributed by atoms with Gasteiger partial charge in [0.25, 0.3) is 0 Å². The zero-order valence-electron chi connectivity index (χ0n) is 11.3. The molecule has 1 aromatic rings. The Kier molecular flexibility index (Phi) is 5.72. The summed E-state index contributed by atoms with van der Waals surface area (Å²) in [7, 11) is 1.97. The van der Waals surface area contributed by atoms with Gasteiger partial charge in [-0.3, -0.25) is 4.79 Å². The number of imidazole rings is 1. The first kappa shape index (κ1) is 14.4. The predicted octanol–water partition coefficient (Wildman–Crippen LogP) is 1.45. The maximum absolute atomic E-state index is 11.7. The third-order valence-electron chi connectivity index (χ3n) is 3.16. The molecule has 0 saturated carbocycles. The van der Waals surface area contributed by atoms with Crippen LogP contribution in [0.3, 0.4) is 0 Å². The van der Waals surface area contributed by atoms with Gasteiger partial charge in [-0.2, -0.15) is 0 Å². The number of aromatic nitrogens is 2. The molecule has 1 saturated heterocycles. The number of nitrogens with one attached hydrogen (secondary N) is 1. The summed E-state index contributed by atoms with van der Waals surface area (Å²) in [6.45, 7) is 2.26.